The molecule has 0 atom stereocenters. The molecule has 1 aliphatic rings. The van der Waals surface area contributed by atoms with E-state index in [9.17, 15) is 4.79 Å². The van der Waals surface area contributed by atoms with E-state index in [1.54, 1.807) is 6.08 Å². The van der Waals surface area contributed by atoms with Gasteiger partial charge in [0.1, 0.15) is 0 Å². The lowest BCUT2D eigenvalue weighted by molar-refractivity contribution is -0.115. The number of carbonyl (C=O) groups is 1. The predicted octanol–water partition coefficient (Wildman–Crippen LogP) is 2.50. The van der Waals surface area contributed by atoms with E-state index in [-0.39, 0.29) is 5.78 Å². The van der Waals surface area contributed by atoms with Crippen molar-refractivity contribution in [1.82, 2.24) is 9.88 Å². The molecule has 0 aliphatic carbocycles. The van der Waals surface area contributed by atoms with Crippen molar-refractivity contribution in [2.75, 3.05) is 13.1 Å². The lowest BCUT2D eigenvalue weighted by atomic mass is 10.1. The molecule has 0 saturated heterocycles. The van der Waals surface area contributed by atoms with Gasteiger partial charge in [0.05, 0.1) is 0 Å². The van der Waals surface area contributed by atoms with Gasteiger partial charge in [0, 0.05) is 42.8 Å². The second-order valence-electron chi connectivity index (χ2n) is 4.68. The SMILES string of the molecule is O=C1C=CN(CCc2c[nH]c3ccccc23)CC1. The zero-order chi connectivity index (χ0) is 12.4. The number of nitrogens with zero attached hydrogens (tertiary/aromatic N) is 1. The molecule has 3 heteroatoms. The Balaban J connectivity index is 1.70. The van der Waals surface area contributed by atoms with Gasteiger partial charge in [-0.05, 0) is 24.1 Å². The summed E-state index contributed by atoms with van der Waals surface area (Å²) < 4.78 is 0. The third-order valence-electron chi connectivity index (χ3n) is 3.46. The van der Waals surface area contributed by atoms with Crippen LogP contribution in [-0.4, -0.2) is 28.8 Å². The zero-order valence-corrected chi connectivity index (χ0v) is 10.2. The van der Waals surface area contributed by atoms with Gasteiger partial charge in [-0.15, -0.1) is 0 Å². The van der Waals surface area contributed by atoms with Gasteiger partial charge >= 0.3 is 0 Å². The summed E-state index contributed by atoms with van der Waals surface area (Å²) in [6, 6.07) is 8.36. The topological polar surface area (TPSA) is 36.1 Å². The molecule has 0 radical (unpaired) electrons. The van der Waals surface area contributed by atoms with Gasteiger partial charge in [0.25, 0.3) is 0 Å². The lowest BCUT2D eigenvalue weighted by Gasteiger charge is -2.22. The molecule has 2 aromatic rings. The third-order valence-corrected chi connectivity index (χ3v) is 3.46. The number of carbonyl (C=O) groups excluding carboxylic acids is 1. The highest BCUT2D eigenvalue weighted by atomic mass is 16.1. The summed E-state index contributed by atoms with van der Waals surface area (Å²) in [7, 11) is 0. The Labute approximate surface area is 106 Å². The van der Waals surface area contributed by atoms with Crippen molar-refractivity contribution >= 4 is 16.7 Å². The molecule has 0 saturated carbocycles. The summed E-state index contributed by atoms with van der Waals surface area (Å²) in [6.07, 6.45) is 7.33. The number of para-hydroxylation sites is 1. The number of rotatable bonds is 3. The van der Waals surface area contributed by atoms with E-state index >= 15 is 0 Å². The van der Waals surface area contributed by atoms with E-state index in [0.29, 0.717) is 6.42 Å². The highest BCUT2D eigenvalue weighted by Crippen LogP contribution is 2.18. The van der Waals surface area contributed by atoms with Gasteiger partial charge in [0.2, 0.25) is 0 Å². The van der Waals surface area contributed by atoms with Crippen molar-refractivity contribution in [3.8, 4) is 0 Å². The monoisotopic (exact) mass is 240 g/mol. The largest absolute Gasteiger partial charge is 0.376 e. The number of hydrogen-bond acceptors (Lipinski definition) is 2. The fourth-order valence-electron chi connectivity index (χ4n) is 2.39. The number of aromatic nitrogens is 1. The molecule has 0 fully saturated rings. The molecular weight excluding hydrogens is 224 g/mol. The van der Waals surface area contributed by atoms with Crippen LogP contribution in [0, 0.1) is 0 Å². The number of benzene rings is 1. The number of hydrogen-bond donors (Lipinski definition) is 1. The van der Waals surface area contributed by atoms with E-state index in [4.69, 9.17) is 0 Å². The maximum atomic E-state index is 11.1. The minimum absolute atomic E-state index is 0.235. The summed E-state index contributed by atoms with van der Waals surface area (Å²) in [5, 5.41) is 1.30. The zero-order valence-electron chi connectivity index (χ0n) is 10.2. The predicted molar refractivity (Wildman–Crippen MR) is 72.3 cm³/mol. The van der Waals surface area contributed by atoms with Crippen LogP contribution in [0.5, 0.6) is 0 Å². The molecule has 1 N–H and O–H groups in total. The standard InChI is InChI=1S/C15H16N2O/c18-13-6-9-17(10-7-13)8-5-12-11-16-15-4-2-1-3-14(12)15/h1-4,6,9,11,16H,5,7-8,10H2. The number of aromatic amines is 1. The van der Waals surface area contributed by atoms with Crippen LogP contribution in [0.4, 0.5) is 0 Å². The van der Waals surface area contributed by atoms with Crippen molar-refractivity contribution in [3.05, 3.63) is 48.3 Å². The van der Waals surface area contributed by atoms with Crippen LogP contribution < -0.4 is 0 Å². The molecule has 0 bridgehead atoms. The van der Waals surface area contributed by atoms with Crippen molar-refractivity contribution < 1.29 is 4.79 Å². The fraction of sp³-hybridized carbons (Fsp3) is 0.267. The maximum Gasteiger partial charge on any atom is 0.158 e. The van der Waals surface area contributed by atoms with E-state index in [1.165, 1.54) is 16.5 Å². The van der Waals surface area contributed by atoms with Gasteiger partial charge in [0.15, 0.2) is 5.78 Å². The number of fused-ring (bicyclic) bond motifs is 1. The highest BCUT2D eigenvalue weighted by molar-refractivity contribution is 5.90. The van der Waals surface area contributed by atoms with E-state index < -0.39 is 0 Å². The van der Waals surface area contributed by atoms with Crippen LogP contribution in [0.15, 0.2) is 42.7 Å². The maximum absolute atomic E-state index is 11.1. The van der Waals surface area contributed by atoms with E-state index in [1.807, 2.05) is 12.3 Å². The Kier molecular flexibility index (Phi) is 2.89. The normalized spacial score (nSPS) is 15.6. The van der Waals surface area contributed by atoms with E-state index in [2.05, 4.69) is 34.3 Å². The number of allylic oxidation sites excluding steroid dienone is 1. The number of ketones is 1. The van der Waals surface area contributed by atoms with Crippen molar-refractivity contribution in [2.45, 2.75) is 12.8 Å². The second kappa shape index (κ2) is 4.69. The Morgan fingerprint density at radius 3 is 3.00 bits per heavy atom. The van der Waals surface area contributed by atoms with Gasteiger partial charge in [-0.1, -0.05) is 18.2 Å². The molecule has 0 spiro atoms. The van der Waals surface area contributed by atoms with Gasteiger partial charge in [-0.3, -0.25) is 4.79 Å². The van der Waals surface area contributed by atoms with Crippen molar-refractivity contribution in [2.24, 2.45) is 0 Å². The first-order valence-corrected chi connectivity index (χ1v) is 6.33. The Bertz CT molecular complexity index is 597. The summed E-state index contributed by atoms with van der Waals surface area (Å²) in [5.41, 5.74) is 2.53. The summed E-state index contributed by atoms with van der Waals surface area (Å²) in [4.78, 5) is 16.6. The Hall–Kier alpha value is -2.03. The Morgan fingerprint density at radius 2 is 2.17 bits per heavy atom. The first kappa shape index (κ1) is 11.1. The van der Waals surface area contributed by atoms with Crippen LogP contribution in [0.3, 0.4) is 0 Å². The number of H-pyrrole nitrogens is 1. The van der Waals surface area contributed by atoms with Gasteiger partial charge < -0.3 is 9.88 Å². The highest BCUT2D eigenvalue weighted by Gasteiger charge is 2.10. The minimum atomic E-state index is 0.235. The number of nitrogens with one attached hydrogen (secondary N) is 1. The van der Waals surface area contributed by atoms with Crippen LogP contribution in [0.2, 0.25) is 0 Å². The average molecular weight is 240 g/mol. The lowest BCUT2D eigenvalue weighted by Crippen LogP contribution is -2.26. The van der Waals surface area contributed by atoms with Crippen LogP contribution in [0.1, 0.15) is 12.0 Å². The molecule has 1 aromatic carbocycles. The Morgan fingerprint density at radius 1 is 1.28 bits per heavy atom. The van der Waals surface area contributed by atoms with Crippen molar-refractivity contribution in [3.63, 3.8) is 0 Å². The minimum Gasteiger partial charge on any atom is -0.376 e. The van der Waals surface area contributed by atoms with Crippen LogP contribution in [-0.2, 0) is 11.2 Å². The first-order chi connectivity index (χ1) is 8.83. The molecule has 1 aromatic heterocycles. The molecule has 18 heavy (non-hydrogen) atoms. The molecular formula is C15H16N2O. The summed E-state index contributed by atoms with van der Waals surface area (Å²) >= 11 is 0. The third kappa shape index (κ3) is 2.16. The van der Waals surface area contributed by atoms with E-state index in [0.717, 1.165) is 19.5 Å². The summed E-state index contributed by atoms with van der Waals surface area (Å²) in [5.74, 6) is 0.235. The van der Waals surface area contributed by atoms with Crippen molar-refractivity contribution in [1.29, 1.82) is 0 Å². The van der Waals surface area contributed by atoms with Crippen LogP contribution >= 0.6 is 0 Å². The molecule has 3 nitrogen and oxygen atoms in total. The first-order valence-electron chi connectivity index (χ1n) is 6.33. The molecule has 0 unspecified atom stereocenters. The summed E-state index contributed by atoms with van der Waals surface area (Å²) in [6.45, 7) is 1.81. The van der Waals surface area contributed by atoms with Crippen LogP contribution in [0.25, 0.3) is 10.9 Å². The molecule has 2 heterocycles. The van der Waals surface area contributed by atoms with Gasteiger partial charge in [-0.2, -0.15) is 0 Å². The van der Waals surface area contributed by atoms with Gasteiger partial charge in [-0.25, -0.2) is 0 Å². The fourth-order valence-corrected chi connectivity index (χ4v) is 2.39. The molecule has 92 valence electrons. The molecule has 3 rings (SSSR count). The smallest absolute Gasteiger partial charge is 0.158 e. The quantitative estimate of drug-likeness (QED) is 0.894. The molecule has 0 amide bonds. The molecule has 1 aliphatic heterocycles. The average Bonchev–Trinajstić information content (AvgIpc) is 2.82. The second-order valence-corrected chi connectivity index (χ2v) is 4.68.